The molecule has 5 nitrogen and oxygen atoms in total. The highest BCUT2D eigenvalue weighted by Gasteiger charge is 2.17. The highest BCUT2D eigenvalue weighted by atomic mass is 79.9. The molecule has 0 aliphatic heterocycles. The van der Waals surface area contributed by atoms with Gasteiger partial charge in [0.1, 0.15) is 17.8 Å². The molecule has 126 valence electrons. The van der Waals surface area contributed by atoms with Crippen LogP contribution in [0.4, 0.5) is 11.5 Å². The van der Waals surface area contributed by atoms with Gasteiger partial charge in [0.15, 0.2) is 0 Å². The van der Waals surface area contributed by atoms with E-state index in [2.05, 4.69) is 36.5 Å². The SMILES string of the molecule is Cc1cc(Nc2cc(C(=O)NC3CCCCC3)ncn2)ccc1Br. The summed E-state index contributed by atoms with van der Waals surface area (Å²) >= 11 is 3.49. The maximum absolute atomic E-state index is 12.4. The van der Waals surface area contributed by atoms with Gasteiger partial charge < -0.3 is 10.6 Å². The second kappa shape index (κ2) is 7.75. The number of nitrogens with zero attached hydrogens (tertiary/aromatic N) is 2. The number of rotatable bonds is 4. The van der Waals surface area contributed by atoms with Gasteiger partial charge in [0.05, 0.1) is 0 Å². The lowest BCUT2D eigenvalue weighted by Crippen LogP contribution is -2.36. The Hall–Kier alpha value is -1.95. The lowest BCUT2D eigenvalue weighted by atomic mass is 9.95. The van der Waals surface area contributed by atoms with Crippen molar-refractivity contribution < 1.29 is 4.79 Å². The van der Waals surface area contributed by atoms with E-state index < -0.39 is 0 Å². The number of nitrogens with one attached hydrogen (secondary N) is 2. The molecule has 1 amide bonds. The van der Waals surface area contributed by atoms with E-state index in [4.69, 9.17) is 0 Å². The Morgan fingerprint density at radius 3 is 2.71 bits per heavy atom. The molecular weight excluding hydrogens is 368 g/mol. The number of aromatic nitrogens is 2. The zero-order valence-corrected chi connectivity index (χ0v) is 15.3. The third-order valence-electron chi connectivity index (χ3n) is 4.27. The van der Waals surface area contributed by atoms with Crippen molar-refractivity contribution >= 4 is 33.3 Å². The van der Waals surface area contributed by atoms with E-state index in [0.29, 0.717) is 11.5 Å². The van der Waals surface area contributed by atoms with Crippen LogP contribution in [0.5, 0.6) is 0 Å². The van der Waals surface area contributed by atoms with E-state index in [-0.39, 0.29) is 11.9 Å². The summed E-state index contributed by atoms with van der Waals surface area (Å²) in [5, 5.41) is 6.30. The molecule has 1 aromatic heterocycles. The molecule has 2 aromatic rings. The summed E-state index contributed by atoms with van der Waals surface area (Å²) in [7, 11) is 0. The Balaban J connectivity index is 1.68. The minimum atomic E-state index is -0.126. The van der Waals surface area contributed by atoms with Crippen molar-refractivity contribution in [2.75, 3.05) is 5.32 Å². The first-order valence-electron chi connectivity index (χ1n) is 8.28. The van der Waals surface area contributed by atoms with Gasteiger partial charge in [-0.1, -0.05) is 35.2 Å². The van der Waals surface area contributed by atoms with E-state index in [1.807, 2.05) is 25.1 Å². The van der Waals surface area contributed by atoms with Gasteiger partial charge >= 0.3 is 0 Å². The van der Waals surface area contributed by atoms with E-state index in [0.717, 1.165) is 28.6 Å². The summed E-state index contributed by atoms with van der Waals surface area (Å²) in [5.74, 6) is 0.486. The van der Waals surface area contributed by atoms with Crippen LogP contribution in [0.1, 0.15) is 48.2 Å². The molecule has 0 spiro atoms. The number of anilines is 2. The van der Waals surface area contributed by atoms with E-state index in [1.165, 1.54) is 25.6 Å². The summed E-state index contributed by atoms with van der Waals surface area (Å²) in [6.45, 7) is 2.03. The predicted octanol–water partition coefficient (Wildman–Crippen LogP) is 4.35. The molecule has 1 saturated carbocycles. The van der Waals surface area contributed by atoms with E-state index in [9.17, 15) is 4.79 Å². The lowest BCUT2D eigenvalue weighted by molar-refractivity contribution is 0.0922. The van der Waals surface area contributed by atoms with E-state index >= 15 is 0 Å². The number of aryl methyl sites for hydroxylation is 1. The van der Waals surface area contributed by atoms with Crippen molar-refractivity contribution in [2.24, 2.45) is 0 Å². The van der Waals surface area contributed by atoms with Crippen LogP contribution >= 0.6 is 15.9 Å². The first-order valence-corrected chi connectivity index (χ1v) is 9.07. The molecule has 2 N–H and O–H groups in total. The molecular formula is C18H21BrN4O. The van der Waals surface area contributed by atoms with Crippen LogP contribution in [0, 0.1) is 6.92 Å². The number of carbonyl (C=O) groups excluding carboxylic acids is 1. The normalized spacial score (nSPS) is 15.1. The molecule has 6 heteroatoms. The summed E-state index contributed by atoms with van der Waals surface area (Å²) in [4.78, 5) is 20.7. The number of benzene rings is 1. The van der Waals surface area contributed by atoms with Gasteiger partial charge in [0.2, 0.25) is 0 Å². The van der Waals surface area contributed by atoms with Crippen molar-refractivity contribution in [3.05, 3.63) is 46.3 Å². The summed E-state index contributed by atoms with van der Waals surface area (Å²) in [6.07, 6.45) is 7.17. The summed E-state index contributed by atoms with van der Waals surface area (Å²) in [5.41, 5.74) is 2.45. The van der Waals surface area contributed by atoms with Crippen LogP contribution in [0.25, 0.3) is 0 Å². The highest BCUT2D eigenvalue weighted by molar-refractivity contribution is 9.10. The van der Waals surface area contributed by atoms with Crippen LogP contribution in [-0.2, 0) is 0 Å². The Morgan fingerprint density at radius 1 is 1.17 bits per heavy atom. The van der Waals surface area contributed by atoms with Crippen LogP contribution in [0.2, 0.25) is 0 Å². The fourth-order valence-electron chi connectivity index (χ4n) is 2.93. The first-order chi connectivity index (χ1) is 11.6. The zero-order chi connectivity index (χ0) is 16.9. The van der Waals surface area contributed by atoms with Crippen LogP contribution in [-0.4, -0.2) is 21.9 Å². The average molecular weight is 389 g/mol. The van der Waals surface area contributed by atoms with Gasteiger partial charge in [-0.15, -0.1) is 0 Å². The number of carbonyl (C=O) groups is 1. The van der Waals surface area contributed by atoms with E-state index in [1.54, 1.807) is 6.07 Å². The number of halogens is 1. The van der Waals surface area contributed by atoms with Crippen LogP contribution in [0.3, 0.4) is 0 Å². The second-order valence-corrected chi connectivity index (χ2v) is 7.04. The Kier molecular flexibility index (Phi) is 5.45. The topological polar surface area (TPSA) is 66.9 Å². The molecule has 24 heavy (non-hydrogen) atoms. The fraction of sp³-hybridized carbons (Fsp3) is 0.389. The van der Waals surface area contributed by atoms with Crippen molar-refractivity contribution in [3.63, 3.8) is 0 Å². The Bertz CT molecular complexity index is 729. The van der Waals surface area contributed by atoms with Gasteiger partial charge in [0, 0.05) is 22.3 Å². The third kappa shape index (κ3) is 4.32. The fourth-order valence-corrected chi connectivity index (χ4v) is 3.17. The molecule has 1 heterocycles. The molecule has 1 aromatic carbocycles. The Morgan fingerprint density at radius 2 is 1.96 bits per heavy atom. The number of amides is 1. The van der Waals surface area contributed by atoms with Crippen LogP contribution in [0.15, 0.2) is 35.1 Å². The van der Waals surface area contributed by atoms with Gasteiger partial charge in [-0.25, -0.2) is 9.97 Å². The molecule has 1 aliphatic rings. The molecule has 0 saturated heterocycles. The second-order valence-electron chi connectivity index (χ2n) is 6.19. The van der Waals surface area contributed by atoms with Crippen molar-refractivity contribution in [1.82, 2.24) is 15.3 Å². The molecule has 3 rings (SSSR count). The third-order valence-corrected chi connectivity index (χ3v) is 5.16. The first kappa shape index (κ1) is 16.9. The van der Waals surface area contributed by atoms with Gasteiger partial charge in [0.25, 0.3) is 5.91 Å². The number of hydrogen-bond acceptors (Lipinski definition) is 4. The molecule has 0 bridgehead atoms. The number of hydrogen-bond donors (Lipinski definition) is 2. The minimum absolute atomic E-state index is 0.126. The van der Waals surface area contributed by atoms with Gasteiger partial charge in [-0.05, 0) is 43.5 Å². The molecule has 0 atom stereocenters. The monoisotopic (exact) mass is 388 g/mol. The van der Waals surface area contributed by atoms with Gasteiger partial charge in [-0.2, -0.15) is 0 Å². The molecule has 1 fully saturated rings. The largest absolute Gasteiger partial charge is 0.348 e. The quantitative estimate of drug-likeness (QED) is 0.816. The molecule has 0 radical (unpaired) electrons. The Labute approximate surface area is 150 Å². The molecule has 0 unspecified atom stereocenters. The predicted molar refractivity (Wildman–Crippen MR) is 98.5 cm³/mol. The minimum Gasteiger partial charge on any atom is -0.348 e. The average Bonchev–Trinajstić information content (AvgIpc) is 2.59. The van der Waals surface area contributed by atoms with Crippen molar-refractivity contribution in [2.45, 2.75) is 45.1 Å². The maximum Gasteiger partial charge on any atom is 0.270 e. The van der Waals surface area contributed by atoms with Crippen LogP contribution < -0.4 is 10.6 Å². The lowest BCUT2D eigenvalue weighted by Gasteiger charge is -2.22. The maximum atomic E-state index is 12.4. The molecule has 1 aliphatic carbocycles. The smallest absolute Gasteiger partial charge is 0.270 e. The van der Waals surface area contributed by atoms with Crippen molar-refractivity contribution in [3.8, 4) is 0 Å². The zero-order valence-electron chi connectivity index (χ0n) is 13.7. The van der Waals surface area contributed by atoms with Crippen molar-refractivity contribution in [1.29, 1.82) is 0 Å². The standard InChI is InChI=1S/C18H21BrN4O/c1-12-9-14(7-8-15(12)19)22-17-10-16(20-11-21-17)18(24)23-13-5-3-2-4-6-13/h7-11,13H,2-6H2,1H3,(H,23,24)(H,20,21,22). The van der Waals surface area contributed by atoms with Gasteiger partial charge in [-0.3, -0.25) is 4.79 Å². The summed E-state index contributed by atoms with van der Waals surface area (Å²) < 4.78 is 1.06. The summed E-state index contributed by atoms with van der Waals surface area (Å²) in [6, 6.07) is 7.92. The highest BCUT2D eigenvalue weighted by Crippen LogP contribution is 2.22.